The normalized spacial score (nSPS) is 25.9. The monoisotopic (exact) mass is 281 g/mol. The summed E-state index contributed by atoms with van der Waals surface area (Å²) in [6.45, 7) is 11.4. The molecule has 2 heterocycles. The van der Waals surface area contributed by atoms with Gasteiger partial charge in [-0.15, -0.1) is 0 Å². The number of piperidine rings is 2. The summed E-state index contributed by atoms with van der Waals surface area (Å²) in [5.74, 6) is 1.83. The van der Waals surface area contributed by atoms with Gasteiger partial charge < -0.3 is 10.2 Å². The molecule has 0 aromatic heterocycles. The van der Waals surface area contributed by atoms with E-state index in [0.29, 0.717) is 18.4 Å². The molecule has 2 fully saturated rings. The molecule has 2 aliphatic rings. The number of hydrogen-bond donors (Lipinski definition) is 1. The molecule has 1 N–H and O–H groups in total. The fraction of sp³-hybridized carbons (Fsp3) is 0.938. The van der Waals surface area contributed by atoms with E-state index in [2.05, 4.69) is 29.0 Å². The predicted octanol–water partition coefficient (Wildman–Crippen LogP) is 1.57. The number of rotatable bonds is 5. The van der Waals surface area contributed by atoms with Crippen LogP contribution in [0.1, 0.15) is 39.5 Å². The van der Waals surface area contributed by atoms with Crippen LogP contribution in [0.2, 0.25) is 0 Å². The van der Waals surface area contributed by atoms with Crippen molar-refractivity contribution in [2.24, 2.45) is 11.8 Å². The summed E-state index contributed by atoms with van der Waals surface area (Å²) in [6.07, 6.45) is 4.92. The lowest BCUT2D eigenvalue weighted by Crippen LogP contribution is -2.47. The Morgan fingerprint density at radius 1 is 1.20 bits per heavy atom. The summed E-state index contributed by atoms with van der Waals surface area (Å²) < 4.78 is 0. The van der Waals surface area contributed by atoms with Gasteiger partial charge in [0.25, 0.3) is 0 Å². The molecule has 2 aliphatic heterocycles. The van der Waals surface area contributed by atoms with Gasteiger partial charge in [0.2, 0.25) is 5.91 Å². The average molecular weight is 281 g/mol. The van der Waals surface area contributed by atoms with Gasteiger partial charge in [-0.3, -0.25) is 9.69 Å². The van der Waals surface area contributed by atoms with Gasteiger partial charge in [-0.05, 0) is 63.7 Å². The number of likely N-dealkylation sites (tertiary alicyclic amines) is 2. The molecule has 1 atom stereocenters. The maximum atomic E-state index is 12.3. The second-order valence-electron chi connectivity index (χ2n) is 6.61. The Bertz CT molecular complexity index is 300. The fourth-order valence-corrected chi connectivity index (χ4v) is 3.40. The van der Waals surface area contributed by atoms with Gasteiger partial charge >= 0.3 is 0 Å². The van der Waals surface area contributed by atoms with E-state index in [0.717, 1.165) is 45.2 Å². The lowest BCUT2D eigenvalue weighted by molar-refractivity contribution is -0.134. The van der Waals surface area contributed by atoms with Crippen molar-refractivity contribution in [1.82, 2.24) is 15.1 Å². The number of carbonyl (C=O) groups is 1. The third-order valence-electron chi connectivity index (χ3n) is 4.76. The lowest BCUT2D eigenvalue weighted by atomic mass is 9.96. The summed E-state index contributed by atoms with van der Waals surface area (Å²) in [7, 11) is 0. The first-order valence-corrected chi connectivity index (χ1v) is 8.40. The standard InChI is InChI=1S/C16H31N3O/c1-3-17-11-15-6-9-18(10-7-15)13-16(20)19-8-4-5-14(2)12-19/h14-15,17H,3-13H2,1-2H3. The summed E-state index contributed by atoms with van der Waals surface area (Å²) in [4.78, 5) is 16.8. The van der Waals surface area contributed by atoms with Gasteiger partial charge in [-0.25, -0.2) is 0 Å². The Morgan fingerprint density at radius 3 is 2.60 bits per heavy atom. The Kier molecular flexibility index (Phi) is 6.30. The fourth-order valence-electron chi connectivity index (χ4n) is 3.40. The van der Waals surface area contributed by atoms with Crippen molar-refractivity contribution in [3.05, 3.63) is 0 Å². The van der Waals surface area contributed by atoms with Crippen molar-refractivity contribution in [2.75, 3.05) is 45.8 Å². The topological polar surface area (TPSA) is 35.6 Å². The van der Waals surface area contributed by atoms with E-state index in [1.54, 1.807) is 0 Å². The molecule has 0 saturated carbocycles. The molecule has 2 rings (SSSR count). The predicted molar refractivity (Wildman–Crippen MR) is 82.7 cm³/mol. The largest absolute Gasteiger partial charge is 0.341 e. The summed E-state index contributed by atoms with van der Waals surface area (Å²) in [5.41, 5.74) is 0. The van der Waals surface area contributed by atoms with Gasteiger partial charge in [0.1, 0.15) is 0 Å². The number of hydrogen-bond acceptors (Lipinski definition) is 3. The molecule has 4 heteroatoms. The Balaban J connectivity index is 1.68. The highest BCUT2D eigenvalue weighted by molar-refractivity contribution is 5.78. The average Bonchev–Trinajstić information content (AvgIpc) is 2.46. The quantitative estimate of drug-likeness (QED) is 0.831. The van der Waals surface area contributed by atoms with Gasteiger partial charge in [-0.1, -0.05) is 13.8 Å². The zero-order valence-corrected chi connectivity index (χ0v) is 13.2. The summed E-state index contributed by atoms with van der Waals surface area (Å²) in [5, 5.41) is 3.44. The van der Waals surface area contributed by atoms with Crippen molar-refractivity contribution in [1.29, 1.82) is 0 Å². The molecular formula is C16H31N3O. The van der Waals surface area contributed by atoms with Crippen molar-refractivity contribution in [3.8, 4) is 0 Å². The van der Waals surface area contributed by atoms with E-state index in [4.69, 9.17) is 0 Å². The van der Waals surface area contributed by atoms with Gasteiger partial charge in [0.05, 0.1) is 6.54 Å². The van der Waals surface area contributed by atoms with Crippen LogP contribution in [0.4, 0.5) is 0 Å². The minimum absolute atomic E-state index is 0.349. The third-order valence-corrected chi connectivity index (χ3v) is 4.76. The van der Waals surface area contributed by atoms with Gasteiger partial charge in [-0.2, -0.15) is 0 Å². The number of nitrogens with zero attached hydrogens (tertiary/aromatic N) is 2. The van der Waals surface area contributed by atoms with E-state index in [-0.39, 0.29) is 0 Å². The minimum Gasteiger partial charge on any atom is -0.341 e. The molecule has 4 nitrogen and oxygen atoms in total. The Morgan fingerprint density at radius 2 is 1.95 bits per heavy atom. The van der Waals surface area contributed by atoms with Crippen LogP contribution < -0.4 is 5.32 Å². The minimum atomic E-state index is 0.349. The molecule has 0 bridgehead atoms. The molecule has 0 spiro atoms. The van der Waals surface area contributed by atoms with Crippen LogP contribution in [0.3, 0.4) is 0 Å². The van der Waals surface area contributed by atoms with E-state index in [1.807, 2.05) is 0 Å². The first-order valence-electron chi connectivity index (χ1n) is 8.40. The SMILES string of the molecule is CCNCC1CCN(CC(=O)N2CCCC(C)C2)CC1. The number of amides is 1. The van der Waals surface area contributed by atoms with Crippen LogP contribution in [0.25, 0.3) is 0 Å². The first-order chi connectivity index (χ1) is 9.69. The molecule has 2 saturated heterocycles. The summed E-state index contributed by atoms with van der Waals surface area (Å²) in [6, 6.07) is 0. The van der Waals surface area contributed by atoms with Gasteiger partial charge in [0.15, 0.2) is 0 Å². The van der Waals surface area contributed by atoms with Crippen molar-refractivity contribution >= 4 is 5.91 Å². The molecule has 1 amide bonds. The Labute approximate surface area is 123 Å². The first kappa shape index (κ1) is 15.8. The highest BCUT2D eigenvalue weighted by atomic mass is 16.2. The van der Waals surface area contributed by atoms with Crippen LogP contribution in [0, 0.1) is 11.8 Å². The van der Waals surface area contributed by atoms with Crippen molar-refractivity contribution in [3.63, 3.8) is 0 Å². The van der Waals surface area contributed by atoms with Crippen LogP contribution in [-0.4, -0.2) is 61.5 Å². The molecule has 0 aromatic rings. The second-order valence-corrected chi connectivity index (χ2v) is 6.61. The van der Waals surface area contributed by atoms with Crippen molar-refractivity contribution in [2.45, 2.75) is 39.5 Å². The van der Waals surface area contributed by atoms with E-state index in [9.17, 15) is 4.79 Å². The van der Waals surface area contributed by atoms with E-state index >= 15 is 0 Å². The lowest BCUT2D eigenvalue weighted by Gasteiger charge is -2.35. The zero-order chi connectivity index (χ0) is 14.4. The van der Waals surface area contributed by atoms with Crippen LogP contribution in [0.15, 0.2) is 0 Å². The molecule has 0 aromatic carbocycles. The van der Waals surface area contributed by atoms with E-state index < -0.39 is 0 Å². The number of nitrogens with one attached hydrogen (secondary N) is 1. The van der Waals surface area contributed by atoms with Crippen LogP contribution in [0.5, 0.6) is 0 Å². The maximum Gasteiger partial charge on any atom is 0.236 e. The molecular weight excluding hydrogens is 250 g/mol. The molecule has 20 heavy (non-hydrogen) atoms. The molecule has 116 valence electrons. The third kappa shape index (κ3) is 4.74. The van der Waals surface area contributed by atoms with Gasteiger partial charge in [0, 0.05) is 13.1 Å². The highest BCUT2D eigenvalue weighted by Crippen LogP contribution is 2.18. The molecule has 0 aliphatic carbocycles. The summed E-state index contributed by atoms with van der Waals surface area (Å²) >= 11 is 0. The zero-order valence-electron chi connectivity index (χ0n) is 13.2. The Hall–Kier alpha value is -0.610. The number of carbonyl (C=O) groups excluding carboxylic acids is 1. The smallest absolute Gasteiger partial charge is 0.236 e. The van der Waals surface area contributed by atoms with Crippen molar-refractivity contribution < 1.29 is 4.79 Å². The van der Waals surface area contributed by atoms with E-state index in [1.165, 1.54) is 25.7 Å². The molecule has 0 radical (unpaired) electrons. The maximum absolute atomic E-state index is 12.3. The van der Waals surface area contributed by atoms with Crippen LogP contribution >= 0.6 is 0 Å². The highest BCUT2D eigenvalue weighted by Gasteiger charge is 2.25. The van der Waals surface area contributed by atoms with Crippen LogP contribution in [-0.2, 0) is 4.79 Å². The molecule has 1 unspecified atom stereocenters. The second kappa shape index (κ2) is 7.99.